The van der Waals surface area contributed by atoms with E-state index in [2.05, 4.69) is 20.5 Å². The number of carbonyl (C=O) groups is 2. The zero-order valence-corrected chi connectivity index (χ0v) is 25.9. The number of β-amino-alcohol motifs (C(OH)–C–C–N with tert-alkyl or cyclic N) is 1. The molecule has 236 valence electrons. The highest BCUT2D eigenvalue weighted by atomic mass is 19.1. The number of aromatic nitrogens is 1. The minimum Gasteiger partial charge on any atom is -0.392 e. The first-order valence-corrected chi connectivity index (χ1v) is 15.5. The maximum Gasteiger partial charge on any atom is 0.239 e. The molecule has 4 rings (SSSR count). The highest BCUT2D eigenvalue weighted by molar-refractivity contribution is 5.83. The molecule has 1 aliphatic heterocycles. The van der Waals surface area contributed by atoms with Crippen LogP contribution in [0.15, 0.2) is 48.8 Å². The summed E-state index contributed by atoms with van der Waals surface area (Å²) in [5.74, 6) is -1.12. The zero-order valence-electron chi connectivity index (χ0n) is 25.9. The summed E-state index contributed by atoms with van der Waals surface area (Å²) in [7, 11) is 0. The van der Waals surface area contributed by atoms with Crippen LogP contribution in [-0.2, 0) is 22.6 Å². The first-order chi connectivity index (χ1) is 20.4. The van der Waals surface area contributed by atoms with Gasteiger partial charge in [-0.2, -0.15) is 0 Å². The second kappa shape index (κ2) is 14.7. The minimum atomic E-state index is -0.878. The molecular weight excluding hydrogens is 549 g/mol. The van der Waals surface area contributed by atoms with Gasteiger partial charge in [-0.15, -0.1) is 0 Å². The monoisotopic (exact) mass is 597 g/mol. The maximum atomic E-state index is 13.6. The first kappa shape index (κ1) is 33.0. The number of nitrogens with one attached hydrogen (secondary N) is 2. The molecule has 2 aromatic rings. The van der Waals surface area contributed by atoms with Gasteiger partial charge >= 0.3 is 0 Å². The third kappa shape index (κ3) is 9.79. The van der Waals surface area contributed by atoms with Crippen LogP contribution in [0.4, 0.5) is 4.39 Å². The maximum absolute atomic E-state index is 13.6. The number of pyridine rings is 1. The van der Waals surface area contributed by atoms with Gasteiger partial charge in [-0.05, 0) is 81.7 Å². The average molecular weight is 598 g/mol. The van der Waals surface area contributed by atoms with Crippen molar-refractivity contribution < 1.29 is 24.2 Å². The van der Waals surface area contributed by atoms with Gasteiger partial charge in [0.2, 0.25) is 11.8 Å². The van der Waals surface area contributed by atoms with Crippen molar-refractivity contribution in [3.63, 3.8) is 0 Å². The fraction of sp³-hybridized carbons (Fsp3) is 0.606. The summed E-state index contributed by atoms with van der Waals surface area (Å²) in [6.45, 7) is 10.6. The standard InChI is InChI=1S/C33H48FN5O4/c1-22-7-12-29(41)30(22)36-31(42)25(16-23-8-10-26(34)11-9-23)17-27(40)20-39-15-14-38(19-24-6-5-13-35-18-24)21-28(39)32(43)37-33(2,3)4/h5-6,8-11,13,18,22,25,27-30,40-41H,7,12,14-17,19-21H2,1-4H3,(H,36,42)(H,37,43)/t22-,25-,27+,28+,29-,30+/m1/s1. The number of hydrogen-bond acceptors (Lipinski definition) is 7. The Morgan fingerprint density at radius 2 is 1.86 bits per heavy atom. The van der Waals surface area contributed by atoms with E-state index < -0.39 is 29.7 Å². The molecule has 1 aromatic heterocycles. The van der Waals surface area contributed by atoms with Gasteiger partial charge in [0, 0.05) is 56.6 Å². The predicted octanol–water partition coefficient (Wildman–Crippen LogP) is 2.51. The van der Waals surface area contributed by atoms with Crippen molar-refractivity contribution in [2.75, 3.05) is 26.2 Å². The summed E-state index contributed by atoms with van der Waals surface area (Å²) in [5.41, 5.74) is 1.45. The summed E-state index contributed by atoms with van der Waals surface area (Å²) in [4.78, 5) is 35.5. The lowest BCUT2D eigenvalue weighted by atomic mass is 9.91. The van der Waals surface area contributed by atoms with Gasteiger partial charge in [-0.25, -0.2) is 4.39 Å². The van der Waals surface area contributed by atoms with Crippen molar-refractivity contribution >= 4 is 11.8 Å². The lowest BCUT2D eigenvalue weighted by Gasteiger charge is -2.42. The van der Waals surface area contributed by atoms with E-state index in [-0.39, 0.29) is 42.6 Å². The first-order valence-electron chi connectivity index (χ1n) is 15.5. The predicted molar refractivity (Wildman–Crippen MR) is 163 cm³/mol. The quantitative estimate of drug-likeness (QED) is 0.315. The average Bonchev–Trinajstić information content (AvgIpc) is 3.26. The minimum absolute atomic E-state index is 0.0969. The molecule has 9 nitrogen and oxygen atoms in total. The Balaban J connectivity index is 1.46. The topological polar surface area (TPSA) is 118 Å². The number of amides is 2. The van der Waals surface area contributed by atoms with E-state index >= 15 is 0 Å². The van der Waals surface area contributed by atoms with Crippen LogP contribution in [0.2, 0.25) is 0 Å². The molecule has 1 saturated heterocycles. The second-order valence-electron chi connectivity index (χ2n) is 13.4. The van der Waals surface area contributed by atoms with Crippen LogP contribution in [0, 0.1) is 17.7 Å². The van der Waals surface area contributed by atoms with Gasteiger partial charge in [0.25, 0.3) is 0 Å². The van der Waals surface area contributed by atoms with Gasteiger partial charge in [0.15, 0.2) is 0 Å². The van der Waals surface area contributed by atoms with Crippen molar-refractivity contribution in [3.8, 4) is 0 Å². The molecule has 1 aromatic carbocycles. The Labute approximate surface area is 254 Å². The number of halogens is 1. The normalized spacial score (nSPS) is 24.8. The molecule has 0 radical (unpaired) electrons. The SMILES string of the molecule is C[C@@H]1CC[C@@H](O)[C@H]1NC(=O)[C@H](Cc1ccc(F)cc1)C[C@H](O)CN1CCN(Cc2cccnc2)C[C@H]1C(=O)NC(C)(C)C. The molecule has 6 atom stereocenters. The lowest BCUT2D eigenvalue weighted by molar-refractivity contribution is -0.132. The Hall–Kier alpha value is -2.92. The van der Waals surface area contributed by atoms with Crippen LogP contribution in [0.3, 0.4) is 0 Å². The second-order valence-corrected chi connectivity index (χ2v) is 13.4. The molecule has 2 heterocycles. The van der Waals surface area contributed by atoms with Gasteiger partial charge in [-0.1, -0.05) is 25.1 Å². The zero-order chi connectivity index (χ0) is 31.1. The summed E-state index contributed by atoms with van der Waals surface area (Å²) < 4.78 is 13.6. The molecule has 2 fully saturated rings. The van der Waals surface area contributed by atoms with Gasteiger partial charge in [-0.3, -0.25) is 24.4 Å². The number of hydrogen-bond donors (Lipinski definition) is 4. The van der Waals surface area contributed by atoms with Crippen molar-refractivity contribution in [3.05, 3.63) is 65.7 Å². The summed E-state index contributed by atoms with van der Waals surface area (Å²) >= 11 is 0. The van der Waals surface area contributed by atoms with Crippen molar-refractivity contribution in [2.45, 2.75) is 89.8 Å². The third-order valence-electron chi connectivity index (χ3n) is 8.53. The van der Waals surface area contributed by atoms with E-state index in [1.54, 1.807) is 18.3 Å². The smallest absolute Gasteiger partial charge is 0.239 e. The summed E-state index contributed by atoms with van der Waals surface area (Å²) in [5, 5.41) is 27.9. The summed E-state index contributed by atoms with van der Waals surface area (Å²) in [6, 6.07) is 9.16. The molecule has 2 aliphatic rings. The molecule has 4 N–H and O–H groups in total. The number of nitrogens with zero attached hydrogens (tertiary/aromatic N) is 3. The van der Waals surface area contributed by atoms with E-state index in [9.17, 15) is 24.2 Å². The molecule has 1 saturated carbocycles. The van der Waals surface area contributed by atoms with E-state index in [1.165, 1.54) is 12.1 Å². The third-order valence-corrected chi connectivity index (χ3v) is 8.53. The highest BCUT2D eigenvalue weighted by Gasteiger charge is 2.37. The van der Waals surface area contributed by atoms with E-state index in [4.69, 9.17) is 0 Å². The van der Waals surface area contributed by atoms with Crippen LogP contribution >= 0.6 is 0 Å². The Kier molecular flexibility index (Phi) is 11.3. The Bertz CT molecular complexity index is 1180. The molecule has 0 spiro atoms. The molecule has 0 bridgehead atoms. The molecule has 43 heavy (non-hydrogen) atoms. The lowest BCUT2D eigenvalue weighted by Crippen LogP contribution is -2.62. The van der Waals surface area contributed by atoms with Crippen molar-refractivity contribution in [2.24, 2.45) is 11.8 Å². The van der Waals surface area contributed by atoms with Crippen LogP contribution in [0.5, 0.6) is 0 Å². The van der Waals surface area contributed by atoms with E-state index in [0.717, 1.165) is 24.1 Å². The fourth-order valence-corrected chi connectivity index (χ4v) is 6.24. The Morgan fingerprint density at radius 3 is 2.49 bits per heavy atom. The number of carbonyl (C=O) groups excluding carboxylic acids is 2. The molecule has 0 unspecified atom stereocenters. The Morgan fingerprint density at radius 1 is 1.12 bits per heavy atom. The number of aliphatic hydroxyl groups excluding tert-OH is 2. The fourth-order valence-electron chi connectivity index (χ4n) is 6.24. The van der Waals surface area contributed by atoms with Crippen molar-refractivity contribution in [1.29, 1.82) is 0 Å². The molecular formula is C33H48FN5O4. The molecule has 1 aliphatic carbocycles. The number of rotatable bonds is 11. The van der Waals surface area contributed by atoms with E-state index in [0.29, 0.717) is 32.5 Å². The molecule has 2 amide bonds. The van der Waals surface area contributed by atoms with Gasteiger partial charge < -0.3 is 20.8 Å². The number of piperazine rings is 1. The van der Waals surface area contributed by atoms with Crippen LogP contribution < -0.4 is 10.6 Å². The van der Waals surface area contributed by atoms with Gasteiger partial charge in [0.1, 0.15) is 11.9 Å². The summed E-state index contributed by atoms with van der Waals surface area (Å²) in [6.07, 6.45) is 4.07. The number of benzene rings is 1. The van der Waals surface area contributed by atoms with Crippen LogP contribution in [0.25, 0.3) is 0 Å². The molecule has 10 heteroatoms. The number of aliphatic hydroxyl groups is 2. The highest BCUT2D eigenvalue weighted by Crippen LogP contribution is 2.27. The van der Waals surface area contributed by atoms with E-state index in [1.807, 2.05) is 50.9 Å². The van der Waals surface area contributed by atoms with Crippen LogP contribution in [-0.4, -0.2) is 92.8 Å². The van der Waals surface area contributed by atoms with Crippen LogP contribution in [0.1, 0.15) is 58.1 Å². The van der Waals surface area contributed by atoms with Crippen molar-refractivity contribution in [1.82, 2.24) is 25.4 Å². The largest absolute Gasteiger partial charge is 0.392 e. The van der Waals surface area contributed by atoms with Gasteiger partial charge in [0.05, 0.1) is 18.2 Å².